The Morgan fingerprint density at radius 1 is 1.53 bits per heavy atom. The van der Waals surface area contributed by atoms with Crippen molar-refractivity contribution in [1.82, 2.24) is 4.98 Å². The molecule has 0 bridgehead atoms. The van der Waals surface area contributed by atoms with Crippen LogP contribution in [0.2, 0.25) is 0 Å². The van der Waals surface area contributed by atoms with E-state index in [0.29, 0.717) is 23.2 Å². The Morgan fingerprint density at radius 3 is 2.60 bits per heavy atom. The number of nitrogens with two attached hydrogens (primary N) is 1. The number of hydrogen-bond donors (Lipinski definition) is 1. The number of nitrogens with zero attached hydrogens (tertiary/aromatic N) is 1. The molecule has 2 N–H and O–H groups in total. The molecule has 1 aliphatic rings. The average Bonchev–Trinajstić information content (AvgIpc) is 2.58. The molecule has 1 aromatic rings. The van der Waals surface area contributed by atoms with Gasteiger partial charge in [0.1, 0.15) is 0 Å². The maximum Gasteiger partial charge on any atom is 0.0953 e. The van der Waals surface area contributed by atoms with Gasteiger partial charge in [0.15, 0.2) is 0 Å². The topological polar surface area (TPSA) is 38.9 Å². The van der Waals surface area contributed by atoms with Crippen molar-refractivity contribution in [3.8, 4) is 0 Å². The molecule has 0 unspecified atom stereocenters. The minimum absolute atomic E-state index is 0.384. The second-order valence-corrected chi connectivity index (χ2v) is 6.49. The van der Waals surface area contributed by atoms with Crippen molar-refractivity contribution in [2.75, 3.05) is 6.54 Å². The van der Waals surface area contributed by atoms with E-state index in [4.69, 9.17) is 5.73 Å². The number of aromatic nitrogens is 1. The van der Waals surface area contributed by atoms with Crippen LogP contribution in [0, 0.1) is 11.3 Å². The van der Waals surface area contributed by atoms with Crippen LogP contribution < -0.4 is 5.73 Å². The first kappa shape index (κ1) is 11.1. The highest BCUT2D eigenvalue weighted by Crippen LogP contribution is 2.64. The third-order valence-corrected chi connectivity index (χ3v) is 5.03. The SMILES string of the molecule is CC(C)c1ncc([C@@H]2[C@@H](CN)C2(C)C)s1. The molecule has 0 spiro atoms. The van der Waals surface area contributed by atoms with Crippen LogP contribution >= 0.6 is 11.3 Å². The predicted molar refractivity (Wildman–Crippen MR) is 65.3 cm³/mol. The highest BCUT2D eigenvalue weighted by Gasteiger charge is 2.58. The molecule has 0 saturated heterocycles. The van der Waals surface area contributed by atoms with E-state index in [1.165, 1.54) is 9.88 Å². The van der Waals surface area contributed by atoms with Crippen molar-refractivity contribution >= 4 is 11.3 Å². The zero-order valence-corrected chi connectivity index (χ0v) is 10.8. The van der Waals surface area contributed by atoms with E-state index in [0.717, 1.165) is 6.54 Å². The molecular weight excluding hydrogens is 204 g/mol. The Morgan fingerprint density at radius 2 is 2.20 bits per heavy atom. The fourth-order valence-electron chi connectivity index (χ4n) is 2.46. The molecule has 0 aromatic carbocycles. The second-order valence-electron chi connectivity index (χ2n) is 5.40. The van der Waals surface area contributed by atoms with Gasteiger partial charge in [0.05, 0.1) is 5.01 Å². The van der Waals surface area contributed by atoms with Gasteiger partial charge in [-0.3, -0.25) is 0 Å². The third kappa shape index (κ3) is 1.72. The zero-order chi connectivity index (χ0) is 11.2. The van der Waals surface area contributed by atoms with Gasteiger partial charge < -0.3 is 5.73 Å². The maximum absolute atomic E-state index is 5.79. The lowest BCUT2D eigenvalue weighted by atomic mass is 10.1. The lowest BCUT2D eigenvalue weighted by molar-refractivity contribution is 0.559. The Balaban J connectivity index is 2.18. The molecule has 84 valence electrons. The quantitative estimate of drug-likeness (QED) is 0.857. The summed E-state index contributed by atoms with van der Waals surface area (Å²) in [6.45, 7) is 9.81. The monoisotopic (exact) mass is 224 g/mol. The zero-order valence-electron chi connectivity index (χ0n) is 9.95. The highest BCUT2D eigenvalue weighted by atomic mass is 32.1. The number of thiazole rings is 1. The van der Waals surface area contributed by atoms with Crippen LogP contribution in [0.25, 0.3) is 0 Å². The van der Waals surface area contributed by atoms with Crippen LogP contribution in [-0.2, 0) is 0 Å². The molecule has 0 amide bonds. The molecular formula is C12H20N2S. The first-order valence-electron chi connectivity index (χ1n) is 5.64. The van der Waals surface area contributed by atoms with Crippen molar-refractivity contribution in [2.45, 2.75) is 39.5 Å². The molecule has 3 heteroatoms. The Kier molecular flexibility index (Phi) is 2.63. The van der Waals surface area contributed by atoms with Crippen LogP contribution in [-0.4, -0.2) is 11.5 Å². The van der Waals surface area contributed by atoms with Crippen molar-refractivity contribution in [2.24, 2.45) is 17.1 Å². The number of rotatable bonds is 3. The third-order valence-electron chi connectivity index (χ3n) is 3.65. The summed E-state index contributed by atoms with van der Waals surface area (Å²) in [5.41, 5.74) is 6.17. The van der Waals surface area contributed by atoms with Gasteiger partial charge >= 0.3 is 0 Å². The largest absolute Gasteiger partial charge is 0.330 e. The first-order chi connectivity index (χ1) is 6.98. The van der Waals surface area contributed by atoms with E-state index < -0.39 is 0 Å². The summed E-state index contributed by atoms with van der Waals surface area (Å²) in [5.74, 6) is 1.84. The van der Waals surface area contributed by atoms with Crippen molar-refractivity contribution in [3.63, 3.8) is 0 Å². The fraction of sp³-hybridized carbons (Fsp3) is 0.750. The fourth-order valence-corrected chi connectivity index (χ4v) is 3.74. The minimum Gasteiger partial charge on any atom is -0.330 e. The predicted octanol–water partition coefficient (Wildman–Crippen LogP) is 2.96. The first-order valence-corrected chi connectivity index (χ1v) is 6.45. The second kappa shape index (κ2) is 3.56. The average molecular weight is 224 g/mol. The Hall–Kier alpha value is -0.410. The van der Waals surface area contributed by atoms with E-state index in [-0.39, 0.29) is 0 Å². The van der Waals surface area contributed by atoms with Gasteiger partial charge in [-0.25, -0.2) is 4.98 Å². The molecule has 2 atom stereocenters. The molecule has 1 heterocycles. The van der Waals surface area contributed by atoms with Crippen LogP contribution in [0.5, 0.6) is 0 Å². The highest BCUT2D eigenvalue weighted by molar-refractivity contribution is 7.11. The number of hydrogen-bond acceptors (Lipinski definition) is 3. The Bertz CT molecular complexity index is 354. The van der Waals surface area contributed by atoms with Crippen LogP contribution in [0.4, 0.5) is 0 Å². The lowest BCUT2D eigenvalue weighted by Crippen LogP contribution is -2.05. The van der Waals surface area contributed by atoms with E-state index in [2.05, 4.69) is 38.9 Å². The Labute approximate surface area is 95.9 Å². The van der Waals surface area contributed by atoms with E-state index in [9.17, 15) is 0 Å². The molecule has 2 rings (SSSR count). The van der Waals surface area contributed by atoms with E-state index >= 15 is 0 Å². The van der Waals surface area contributed by atoms with E-state index in [1.807, 2.05) is 11.3 Å². The molecule has 15 heavy (non-hydrogen) atoms. The maximum atomic E-state index is 5.79. The summed E-state index contributed by atoms with van der Waals surface area (Å²) in [6.07, 6.45) is 2.06. The van der Waals surface area contributed by atoms with Crippen molar-refractivity contribution in [1.29, 1.82) is 0 Å². The van der Waals surface area contributed by atoms with Gasteiger partial charge in [0, 0.05) is 22.9 Å². The summed E-state index contributed by atoms with van der Waals surface area (Å²) >= 11 is 1.87. The van der Waals surface area contributed by atoms with Gasteiger partial charge in [0.2, 0.25) is 0 Å². The summed E-state index contributed by atoms with van der Waals surface area (Å²) in [5, 5.41) is 1.25. The van der Waals surface area contributed by atoms with Gasteiger partial charge in [-0.2, -0.15) is 0 Å². The van der Waals surface area contributed by atoms with Crippen LogP contribution in [0.15, 0.2) is 6.20 Å². The summed E-state index contributed by atoms with van der Waals surface area (Å²) in [6, 6.07) is 0. The lowest BCUT2D eigenvalue weighted by Gasteiger charge is -1.99. The molecule has 1 fully saturated rings. The molecule has 1 saturated carbocycles. The summed E-state index contributed by atoms with van der Waals surface area (Å²) in [7, 11) is 0. The van der Waals surface area contributed by atoms with Gasteiger partial charge in [-0.1, -0.05) is 27.7 Å². The van der Waals surface area contributed by atoms with Crippen LogP contribution in [0.1, 0.15) is 49.4 Å². The molecule has 0 aliphatic heterocycles. The summed E-state index contributed by atoms with van der Waals surface area (Å²) in [4.78, 5) is 5.92. The normalized spacial score (nSPS) is 28.4. The standard InChI is InChI=1S/C12H20N2S/c1-7(2)11-14-6-9(15-11)10-8(5-13)12(10,3)4/h6-8,10H,5,13H2,1-4H3/t8-,10+/m1/s1. The van der Waals surface area contributed by atoms with Gasteiger partial charge in [-0.05, 0) is 17.9 Å². The molecule has 1 aliphatic carbocycles. The summed E-state index contributed by atoms with van der Waals surface area (Å²) < 4.78 is 0. The van der Waals surface area contributed by atoms with E-state index in [1.54, 1.807) is 0 Å². The van der Waals surface area contributed by atoms with Crippen LogP contribution in [0.3, 0.4) is 0 Å². The molecule has 1 aromatic heterocycles. The molecule has 2 nitrogen and oxygen atoms in total. The van der Waals surface area contributed by atoms with Gasteiger partial charge in [-0.15, -0.1) is 11.3 Å². The van der Waals surface area contributed by atoms with Crippen molar-refractivity contribution < 1.29 is 0 Å². The van der Waals surface area contributed by atoms with Gasteiger partial charge in [0.25, 0.3) is 0 Å². The smallest absolute Gasteiger partial charge is 0.0953 e. The minimum atomic E-state index is 0.384. The van der Waals surface area contributed by atoms with Crippen molar-refractivity contribution in [3.05, 3.63) is 16.1 Å². The molecule has 0 radical (unpaired) electrons.